The van der Waals surface area contributed by atoms with Crippen molar-refractivity contribution in [3.63, 3.8) is 0 Å². The monoisotopic (exact) mass is 484 g/mol. The van der Waals surface area contributed by atoms with Gasteiger partial charge in [-0.25, -0.2) is 0 Å². The lowest BCUT2D eigenvalue weighted by atomic mass is 9.89. The molecule has 0 spiro atoms. The largest absolute Gasteiger partial charge is 0.348 e. The number of hydrogen-bond donors (Lipinski definition) is 0. The molecule has 9 heteroatoms. The Balaban J connectivity index is 1.71. The maximum atomic E-state index is 12.3. The van der Waals surface area contributed by atoms with Crippen LogP contribution in [0.1, 0.15) is 29.9 Å². The predicted octanol–water partition coefficient (Wildman–Crippen LogP) is 5.02. The van der Waals surface area contributed by atoms with Crippen LogP contribution in [0.25, 0.3) is 0 Å². The third-order valence-corrected chi connectivity index (χ3v) is 6.95. The molecule has 0 aromatic heterocycles. The minimum atomic E-state index is -1.30. The molecule has 4 rings (SSSR count). The summed E-state index contributed by atoms with van der Waals surface area (Å²) < 4.78 is 29.2. The van der Waals surface area contributed by atoms with E-state index in [-0.39, 0.29) is 11.7 Å². The molecule has 166 valence electrons. The third kappa shape index (κ3) is 4.51. The summed E-state index contributed by atoms with van der Waals surface area (Å²) in [5.74, 6) is 0. The average Bonchev–Trinajstić information content (AvgIpc) is 2.78. The number of rotatable bonds is 5. The second kappa shape index (κ2) is 9.77. The van der Waals surface area contributed by atoms with Crippen LogP contribution in [0.15, 0.2) is 54.6 Å². The van der Waals surface area contributed by atoms with Gasteiger partial charge >= 0.3 is 0 Å². The fourth-order valence-electron chi connectivity index (χ4n) is 3.98. The quantitative estimate of drug-likeness (QED) is 0.590. The van der Waals surface area contributed by atoms with E-state index in [2.05, 4.69) is 0 Å². The molecular weight excluding hydrogens is 463 g/mol. The molecule has 2 fully saturated rings. The summed E-state index contributed by atoms with van der Waals surface area (Å²) in [5, 5.41) is -0.175. The Morgan fingerprint density at radius 2 is 1.81 bits per heavy atom. The first-order valence-electron chi connectivity index (χ1n) is 9.80. The summed E-state index contributed by atoms with van der Waals surface area (Å²) in [6.07, 6.45) is -3.60. The van der Waals surface area contributed by atoms with Crippen LogP contribution >= 0.6 is 35.5 Å². The van der Waals surface area contributed by atoms with Crippen LogP contribution in [-0.2, 0) is 32.5 Å². The molecule has 0 aliphatic carbocycles. The number of hydrogen-bond acceptors (Lipinski definition) is 7. The first-order valence-corrected chi connectivity index (χ1v) is 11.2. The Hall–Kier alpha value is -1.16. The zero-order valence-electron chi connectivity index (χ0n) is 16.9. The summed E-state index contributed by atoms with van der Waals surface area (Å²) in [6, 6.07) is 17.1. The molecule has 2 aliphatic rings. The molecule has 0 bridgehead atoms. The molecule has 2 aromatic rings. The van der Waals surface area contributed by atoms with Gasteiger partial charge in [0.15, 0.2) is 22.4 Å². The van der Waals surface area contributed by atoms with Gasteiger partial charge in [-0.3, -0.25) is 13.4 Å². The first-order chi connectivity index (χ1) is 15.0. The molecule has 6 nitrogen and oxygen atoms in total. The lowest BCUT2D eigenvalue weighted by molar-refractivity contribution is -0.330. The van der Waals surface area contributed by atoms with Gasteiger partial charge in [-0.05, 0) is 24.2 Å². The normalized spacial score (nSPS) is 33.0. The van der Waals surface area contributed by atoms with E-state index in [0.29, 0.717) is 5.56 Å². The maximum absolute atomic E-state index is 12.3. The van der Waals surface area contributed by atoms with Crippen molar-refractivity contribution in [2.45, 2.75) is 49.5 Å². The summed E-state index contributed by atoms with van der Waals surface area (Å²) in [5.41, 5.74) is 2.61. The minimum Gasteiger partial charge on any atom is -0.348 e. The zero-order chi connectivity index (χ0) is 22.0. The van der Waals surface area contributed by atoms with Crippen molar-refractivity contribution in [1.82, 2.24) is 0 Å². The van der Waals surface area contributed by atoms with Crippen LogP contribution in [-0.4, -0.2) is 36.1 Å². The van der Waals surface area contributed by atoms with E-state index in [4.69, 9.17) is 46.5 Å². The number of aryl methyl sites for hydroxylation is 1. The Kier molecular flexibility index (Phi) is 7.25. The molecule has 0 N–H and O–H groups in total. The molecule has 0 amide bonds. The average molecular weight is 485 g/mol. The minimum absolute atomic E-state index is 0.175. The number of fused-ring (bicyclic) bond motifs is 1. The fourth-order valence-corrected chi connectivity index (χ4v) is 5.61. The zero-order valence-corrected chi connectivity index (χ0v) is 19.2. The molecule has 2 heterocycles. The van der Waals surface area contributed by atoms with E-state index >= 15 is 0 Å². The van der Waals surface area contributed by atoms with Crippen LogP contribution in [0.2, 0.25) is 0 Å². The van der Waals surface area contributed by atoms with Gasteiger partial charge in [0.25, 0.3) is 0 Å². The maximum Gasteiger partial charge on any atom is 0.189 e. The van der Waals surface area contributed by atoms with Gasteiger partial charge in [-0.2, -0.15) is 0 Å². The van der Waals surface area contributed by atoms with E-state index in [0.717, 1.165) is 22.9 Å². The van der Waals surface area contributed by atoms with Gasteiger partial charge in [0, 0.05) is 12.5 Å². The molecule has 0 saturated carbocycles. The van der Waals surface area contributed by atoms with Crippen molar-refractivity contribution in [1.29, 1.82) is 0 Å². The van der Waals surface area contributed by atoms with Gasteiger partial charge in [0.1, 0.15) is 18.3 Å². The Morgan fingerprint density at radius 1 is 1.10 bits per heavy atom. The van der Waals surface area contributed by atoms with Gasteiger partial charge in [0.2, 0.25) is 0 Å². The topological polar surface area (TPSA) is 63.2 Å². The van der Waals surface area contributed by atoms with Gasteiger partial charge in [-0.15, -0.1) is 0 Å². The highest BCUT2D eigenvalue weighted by atomic mass is 35.5. The Bertz CT molecular complexity index is 899. The highest BCUT2D eigenvalue weighted by molar-refractivity contribution is 8.14. The summed E-state index contributed by atoms with van der Waals surface area (Å²) in [6.45, 7) is 3.64. The van der Waals surface area contributed by atoms with Crippen molar-refractivity contribution in [3.8, 4) is 0 Å². The van der Waals surface area contributed by atoms with E-state index in [1.165, 1.54) is 6.92 Å². The summed E-state index contributed by atoms with van der Waals surface area (Å²) in [4.78, 5) is 11.0. The number of carbonyl (C=O) groups excluding carboxylic acids is 1. The smallest absolute Gasteiger partial charge is 0.189 e. The van der Waals surface area contributed by atoms with E-state index in [1.54, 1.807) is 0 Å². The van der Waals surface area contributed by atoms with E-state index < -0.39 is 35.6 Å². The standard InChI is InChI=1S/C22H22Cl2O6S/c1-13-8-10-16(11-9-13)22(31-14(2)25)20(30-24)19(29-23)18-17(28-22)12-26-21(27-18)15-6-4-3-5-7-15/h3-11,17-21H,12H2,1-2H3/t17-,18+,19+,20-,21?,22+/m1/s1. The highest BCUT2D eigenvalue weighted by Gasteiger charge is 2.61. The highest BCUT2D eigenvalue weighted by Crippen LogP contribution is 2.52. The molecule has 1 unspecified atom stereocenters. The van der Waals surface area contributed by atoms with Crippen LogP contribution in [0.5, 0.6) is 0 Å². The van der Waals surface area contributed by atoms with Crippen LogP contribution in [0, 0.1) is 6.92 Å². The van der Waals surface area contributed by atoms with Crippen molar-refractivity contribution in [3.05, 3.63) is 71.3 Å². The second-order valence-corrected chi connectivity index (χ2v) is 9.27. The number of benzene rings is 2. The van der Waals surface area contributed by atoms with Crippen LogP contribution in [0.4, 0.5) is 0 Å². The predicted molar refractivity (Wildman–Crippen MR) is 117 cm³/mol. The number of ether oxygens (including phenoxy) is 3. The molecule has 6 atom stereocenters. The van der Waals surface area contributed by atoms with Crippen molar-refractivity contribution in [2.75, 3.05) is 6.61 Å². The molecule has 2 aromatic carbocycles. The lowest BCUT2D eigenvalue weighted by Gasteiger charge is -2.52. The fraction of sp³-hybridized carbons (Fsp3) is 0.409. The molecule has 2 aliphatic heterocycles. The molecule has 31 heavy (non-hydrogen) atoms. The molecule has 2 saturated heterocycles. The number of thioether (sulfide) groups is 1. The summed E-state index contributed by atoms with van der Waals surface area (Å²) >= 11 is 12.9. The van der Waals surface area contributed by atoms with E-state index in [1.807, 2.05) is 61.5 Å². The Labute approximate surface area is 195 Å². The van der Waals surface area contributed by atoms with Crippen LogP contribution < -0.4 is 0 Å². The third-order valence-electron chi connectivity index (χ3n) is 5.40. The number of carbonyl (C=O) groups is 1. The Morgan fingerprint density at radius 3 is 2.42 bits per heavy atom. The lowest BCUT2D eigenvalue weighted by Crippen LogP contribution is -2.65. The molecular formula is C22H22Cl2O6S. The summed E-state index contributed by atoms with van der Waals surface area (Å²) in [7, 11) is 0. The number of halogens is 2. The van der Waals surface area contributed by atoms with Crippen molar-refractivity contribution < 1.29 is 27.6 Å². The van der Waals surface area contributed by atoms with Gasteiger partial charge in [-0.1, -0.05) is 60.2 Å². The van der Waals surface area contributed by atoms with Gasteiger partial charge < -0.3 is 14.2 Å². The van der Waals surface area contributed by atoms with E-state index in [9.17, 15) is 4.79 Å². The van der Waals surface area contributed by atoms with Gasteiger partial charge in [0.05, 0.1) is 30.3 Å². The SMILES string of the molecule is CC(=O)S[C@]1(c2ccc(C)cc2)O[C@@H]2COC(c3ccccc3)O[C@@H]2[C@H](OCl)[C@H]1OCl. The van der Waals surface area contributed by atoms with Crippen LogP contribution in [0.3, 0.4) is 0 Å². The second-order valence-electron chi connectivity index (χ2n) is 7.52. The van der Waals surface area contributed by atoms with Crippen molar-refractivity contribution >= 4 is 40.6 Å². The van der Waals surface area contributed by atoms with Crippen molar-refractivity contribution in [2.24, 2.45) is 0 Å². The first kappa shape index (κ1) is 23.0. The molecule has 0 radical (unpaired) electrons.